The molecule has 8 aromatic rings. The third-order valence-electron chi connectivity index (χ3n) is 9.80. The number of hydrogen-bond acceptors (Lipinski definition) is 2. The van der Waals surface area contributed by atoms with E-state index in [0.717, 1.165) is 33.9 Å². The predicted octanol–water partition coefficient (Wildman–Crippen LogP) is 10.3. The first-order valence-corrected chi connectivity index (χ1v) is 19.3. The third kappa shape index (κ3) is 4.39. The van der Waals surface area contributed by atoms with Gasteiger partial charge in [0.15, 0.2) is 5.82 Å². The van der Waals surface area contributed by atoms with Crippen LogP contribution in [0, 0.1) is 0 Å². The molecule has 9 rings (SSSR count). The number of benzene rings is 7. The molecule has 0 bridgehead atoms. The Balaban J connectivity index is 1.30. The van der Waals surface area contributed by atoms with Crippen LogP contribution in [-0.4, -0.2) is 18.0 Å². The molecule has 0 amide bonds. The van der Waals surface area contributed by atoms with Gasteiger partial charge in [-0.2, -0.15) is 0 Å². The van der Waals surface area contributed by atoms with Crippen LogP contribution in [0.2, 0.25) is 13.1 Å². The van der Waals surface area contributed by atoms with Crippen molar-refractivity contribution in [1.29, 1.82) is 0 Å². The number of hydrogen-bond donors (Lipinski definition) is 0. The summed E-state index contributed by atoms with van der Waals surface area (Å²) in [5.41, 5.74) is 10.3. The molecule has 0 radical (unpaired) electrons. The number of aromatic nitrogens is 2. The van der Waals surface area contributed by atoms with Gasteiger partial charge in [-0.05, 0) is 66.3 Å². The molecule has 0 unspecified atom stereocenters. The molecule has 1 aliphatic rings. The molecule has 0 aliphatic carbocycles. The fourth-order valence-corrected chi connectivity index (χ4v) is 11.3. The van der Waals surface area contributed by atoms with Crippen molar-refractivity contribution in [3.05, 3.63) is 158 Å². The van der Waals surface area contributed by atoms with E-state index in [2.05, 4.69) is 171 Å². The first-order chi connectivity index (χ1) is 23.1. The maximum Gasteiger partial charge on any atom is 0.160 e. The maximum atomic E-state index is 5.53. The molecule has 0 saturated carbocycles. The maximum absolute atomic E-state index is 5.53. The standard InChI is InChI=1S/C44H32N2Si/c1-47(2)42-38-26-12-10-24-36(38)35-23-9-11-25-37(35)39(42)41-43(47)40(30-17-7-4-8-18-30)45-44(46-41)34-22-14-21-33(28-34)32-20-13-19-31(27-32)29-15-5-3-6-16-29/h3-28H,1-2H3. The normalized spacial score (nSPS) is 13.1. The molecule has 0 atom stereocenters. The van der Waals surface area contributed by atoms with Gasteiger partial charge in [0.05, 0.1) is 11.4 Å². The molecule has 1 aliphatic heterocycles. The van der Waals surface area contributed by atoms with Gasteiger partial charge in [0.1, 0.15) is 8.07 Å². The highest BCUT2D eigenvalue weighted by atomic mass is 28.3. The van der Waals surface area contributed by atoms with Crippen LogP contribution < -0.4 is 10.4 Å². The van der Waals surface area contributed by atoms with Crippen LogP contribution in [0.5, 0.6) is 0 Å². The van der Waals surface area contributed by atoms with E-state index in [9.17, 15) is 0 Å². The smallest absolute Gasteiger partial charge is 0.160 e. The number of nitrogens with zero attached hydrogens (tertiary/aromatic N) is 2. The van der Waals surface area contributed by atoms with Crippen LogP contribution >= 0.6 is 0 Å². The van der Waals surface area contributed by atoms with Crippen LogP contribution in [0.3, 0.4) is 0 Å². The molecule has 3 heteroatoms. The Morgan fingerprint density at radius 1 is 0.362 bits per heavy atom. The van der Waals surface area contributed by atoms with Crippen LogP contribution in [0.1, 0.15) is 0 Å². The first kappa shape index (κ1) is 27.6. The van der Waals surface area contributed by atoms with E-state index in [1.54, 1.807) is 0 Å². The van der Waals surface area contributed by atoms with E-state index in [4.69, 9.17) is 9.97 Å². The van der Waals surface area contributed by atoms with Crippen LogP contribution in [0.4, 0.5) is 0 Å². The highest BCUT2D eigenvalue weighted by Crippen LogP contribution is 2.41. The van der Waals surface area contributed by atoms with Gasteiger partial charge in [0, 0.05) is 16.7 Å². The van der Waals surface area contributed by atoms with E-state index in [0.29, 0.717) is 0 Å². The van der Waals surface area contributed by atoms with Crippen molar-refractivity contribution in [2.75, 3.05) is 0 Å². The first-order valence-electron chi connectivity index (χ1n) is 16.3. The quantitative estimate of drug-likeness (QED) is 0.145. The Hall–Kier alpha value is -5.64. The molecule has 2 heterocycles. The van der Waals surface area contributed by atoms with Gasteiger partial charge >= 0.3 is 0 Å². The van der Waals surface area contributed by atoms with Crippen molar-refractivity contribution in [2.45, 2.75) is 13.1 Å². The van der Waals surface area contributed by atoms with Crippen molar-refractivity contribution in [2.24, 2.45) is 0 Å². The molecule has 7 aromatic carbocycles. The highest BCUT2D eigenvalue weighted by molar-refractivity contribution is 7.06. The van der Waals surface area contributed by atoms with E-state index < -0.39 is 8.07 Å². The summed E-state index contributed by atoms with van der Waals surface area (Å²) in [5, 5.41) is 8.01. The Morgan fingerprint density at radius 3 is 1.47 bits per heavy atom. The van der Waals surface area contributed by atoms with Gasteiger partial charge in [-0.15, -0.1) is 0 Å². The SMILES string of the molecule is C[Si]1(C)c2c(-c3ccccc3)nc(-c3cccc(-c4cccc(-c5ccccc5)c4)c3)nc2-c2c1c1ccccc1c1ccccc21. The third-order valence-corrected chi connectivity index (χ3v) is 13.3. The summed E-state index contributed by atoms with van der Waals surface area (Å²) in [6.45, 7) is 4.96. The second-order valence-electron chi connectivity index (χ2n) is 13.0. The average Bonchev–Trinajstić information content (AvgIpc) is 3.39. The lowest BCUT2D eigenvalue weighted by Gasteiger charge is -2.23. The lowest BCUT2D eigenvalue weighted by molar-refractivity contribution is 1.20. The summed E-state index contributed by atoms with van der Waals surface area (Å²) in [4.78, 5) is 11.0. The zero-order valence-electron chi connectivity index (χ0n) is 26.4. The van der Waals surface area contributed by atoms with Crippen molar-refractivity contribution in [1.82, 2.24) is 9.97 Å². The van der Waals surface area contributed by atoms with E-state index >= 15 is 0 Å². The van der Waals surface area contributed by atoms with Crippen molar-refractivity contribution in [3.63, 3.8) is 0 Å². The predicted molar refractivity (Wildman–Crippen MR) is 201 cm³/mol. The lowest BCUT2D eigenvalue weighted by atomic mass is 9.94. The Morgan fingerprint density at radius 2 is 0.809 bits per heavy atom. The van der Waals surface area contributed by atoms with Gasteiger partial charge < -0.3 is 0 Å². The molecule has 222 valence electrons. The van der Waals surface area contributed by atoms with Gasteiger partial charge in [-0.25, -0.2) is 9.97 Å². The summed E-state index contributed by atoms with van der Waals surface area (Å²) in [6.07, 6.45) is 0. The van der Waals surface area contributed by atoms with Crippen LogP contribution in [0.25, 0.3) is 77.7 Å². The molecule has 0 saturated heterocycles. The minimum Gasteiger partial charge on any atom is -0.228 e. The molecule has 2 nitrogen and oxygen atoms in total. The second-order valence-corrected chi connectivity index (χ2v) is 17.2. The molecule has 0 fully saturated rings. The van der Waals surface area contributed by atoms with Crippen LogP contribution in [-0.2, 0) is 0 Å². The highest BCUT2D eigenvalue weighted by Gasteiger charge is 2.44. The second kappa shape index (κ2) is 10.7. The molecular formula is C44H32N2Si. The summed E-state index contributed by atoms with van der Waals surface area (Å²) in [5.74, 6) is 0.763. The summed E-state index contributed by atoms with van der Waals surface area (Å²) >= 11 is 0. The zero-order chi connectivity index (χ0) is 31.5. The average molecular weight is 617 g/mol. The van der Waals surface area contributed by atoms with Crippen LogP contribution in [0.15, 0.2) is 158 Å². The Kier molecular flexibility index (Phi) is 6.31. The zero-order valence-corrected chi connectivity index (χ0v) is 27.4. The van der Waals surface area contributed by atoms with Gasteiger partial charge in [-0.3, -0.25) is 0 Å². The minimum atomic E-state index is -2.24. The minimum absolute atomic E-state index is 0.763. The fraction of sp³-hybridized carbons (Fsp3) is 0.0455. The monoisotopic (exact) mass is 616 g/mol. The molecule has 1 aromatic heterocycles. The lowest BCUT2D eigenvalue weighted by Crippen LogP contribution is -2.50. The largest absolute Gasteiger partial charge is 0.228 e. The summed E-state index contributed by atoms with van der Waals surface area (Å²) in [7, 11) is -2.24. The molecule has 0 N–H and O–H groups in total. The number of fused-ring (bicyclic) bond motifs is 8. The Bertz CT molecular complexity index is 2480. The summed E-state index contributed by atoms with van der Waals surface area (Å²) < 4.78 is 0. The van der Waals surface area contributed by atoms with Crippen molar-refractivity contribution in [3.8, 4) is 56.2 Å². The van der Waals surface area contributed by atoms with Gasteiger partial charge in [0.2, 0.25) is 0 Å². The van der Waals surface area contributed by atoms with Crippen molar-refractivity contribution >= 4 is 40.0 Å². The van der Waals surface area contributed by atoms with Crippen molar-refractivity contribution < 1.29 is 0 Å². The molecule has 47 heavy (non-hydrogen) atoms. The fourth-order valence-electron chi connectivity index (χ4n) is 7.68. The topological polar surface area (TPSA) is 25.8 Å². The number of rotatable bonds is 4. The van der Waals surface area contributed by atoms with Gasteiger partial charge in [0.25, 0.3) is 0 Å². The van der Waals surface area contributed by atoms with E-state index in [1.165, 1.54) is 54.2 Å². The Labute approximate surface area is 276 Å². The molecule has 0 spiro atoms. The van der Waals surface area contributed by atoms with E-state index in [1.807, 2.05) is 0 Å². The van der Waals surface area contributed by atoms with Gasteiger partial charge in [-0.1, -0.05) is 159 Å². The summed E-state index contributed by atoms with van der Waals surface area (Å²) in [6, 6.07) is 56.5. The van der Waals surface area contributed by atoms with E-state index in [-0.39, 0.29) is 0 Å². The molecular weight excluding hydrogens is 585 g/mol.